The zero-order valence-corrected chi connectivity index (χ0v) is 10.9. The van der Waals surface area contributed by atoms with Crippen molar-refractivity contribution >= 4 is 11.9 Å². The summed E-state index contributed by atoms with van der Waals surface area (Å²) in [6, 6.07) is 0. The van der Waals surface area contributed by atoms with Crippen molar-refractivity contribution in [1.82, 2.24) is 10.2 Å². The smallest absolute Gasteiger partial charge is 0.317 e. The minimum Gasteiger partial charge on any atom is -0.480 e. The van der Waals surface area contributed by atoms with Gasteiger partial charge in [-0.05, 0) is 12.8 Å². The van der Waals surface area contributed by atoms with E-state index in [1.165, 1.54) is 0 Å². The summed E-state index contributed by atoms with van der Waals surface area (Å²) in [5.41, 5.74) is 0. The molecule has 0 fully saturated rings. The molecule has 1 amide bonds. The molecular formula is C12H24N2O3. The maximum absolute atomic E-state index is 11.8. The van der Waals surface area contributed by atoms with Crippen LogP contribution in [0.3, 0.4) is 0 Å². The molecule has 0 radical (unpaired) electrons. The van der Waals surface area contributed by atoms with Crippen LogP contribution in [0.2, 0.25) is 0 Å². The second kappa shape index (κ2) is 10.1. The number of amides is 1. The molecule has 0 saturated carbocycles. The molecule has 2 N–H and O–H groups in total. The predicted molar refractivity (Wildman–Crippen MR) is 66.9 cm³/mol. The Morgan fingerprint density at radius 3 is 2.00 bits per heavy atom. The lowest BCUT2D eigenvalue weighted by atomic mass is 10.2. The number of carboxylic acids is 1. The first-order valence-corrected chi connectivity index (χ1v) is 6.32. The Kier molecular flexibility index (Phi) is 9.43. The van der Waals surface area contributed by atoms with Crippen molar-refractivity contribution in [3.05, 3.63) is 0 Å². The Balaban J connectivity index is 3.97. The molecule has 0 saturated heterocycles. The van der Waals surface area contributed by atoms with E-state index in [0.29, 0.717) is 0 Å². The maximum atomic E-state index is 11.8. The lowest BCUT2D eigenvalue weighted by Gasteiger charge is -2.22. The molecule has 0 spiro atoms. The molecule has 0 aromatic heterocycles. The summed E-state index contributed by atoms with van der Waals surface area (Å²) in [5.74, 6) is -0.945. The van der Waals surface area contributed by atoms with Crippen LogP contribution < -0.4 is 5.32 Å². The molecule has 5 nitrogen and oxygen atoms in total. The largest absolute Gasteiger partial charge is 0.480 e. The lowest BCUT2D eigenvalue weighted by molar-refractivity contribution is -0.136. The fourth-order valence-electron chi connectivity index (χ4n) is 1.45. The number of nitrogens with one attached hydrogen (secondary N) is 1. The molecule has 0 aromatic rings. The number of rotatable bonds is 10. The van der Waals surface area contributed by atoms with Gasteiger partial charge in [-0.2, -0.15) is 0 Å². The zero-order valence-electron chi connectivity index (χ0n) is 10.9. The lowest BCUT2D eigenvalue weighted by Crippen LogP contribution is -2.40. The summed E-state index contributed by atoms with van der Waals surface area (Å²) in [6.45, 7) is 5.66. The van der Waals surface area contributed by atoms with E-state index in [1.807, 2.05) is 4.90 Å². The van der Waals surface area contributed by atoms with Crippen molar-refractivity contribution in [1.29, 1.82) is 0 Å². The van der Waals surface area contributed by atoms with E-state index in [0.717, 1.165) is 38.8 Å². The number of nitrogens with zero attached hydrogens (tertiary/aromatic N) is 1. The van der Waals surface area contributed by atoms with Gasteiger partial charge in [-0.25, -0.2) is 0 Å². The van der Waals surface area contributed by atoms with Gasteiger partial charge in [0.2, 0.25) is 5.91 Å². The molecule has 0 aromatic carbocycles. The van der Waals surface area contributed by atoms with Gasteiger partial charge in [-0.3, -0.25) is 14.9 Å². The number of carboxylic acid groups (broad SMARTS) is 1. The Morgan fingerprint density at radius 1 is 1.06 bits per heavy atom. The number of hydrogen-bond donors (Lipinski definition) is 2. The molecule has 0 unspecified atom stereocenters. The standard InChI is InChI=1S/C12H24N2O3/c1-3-5-7-14(8-6-4-2)11(15)9-13-10-12(16)17/h13H,3-10H2,1-2H3,(H,16,17). The minimum atomic E-state index is -0.938. The fourth-order valence-corrected chi connectivity index (χ4v) is 1.45. The topological polar surface area (TPSA) is 69.6 Å². The summed E-state index contributed by atoms with van der Waals surface area (Å²) in [5, 5.41) is 11.1. The van der Waals surface area contributed by atoms with Crippen LogP contribution in [-0.4, -0.2) is 48.1 Å². The van der Waals surface area contributed by atoms with E-state index < -0.39 is 5.97 Å². The summed E-state index contributed by atoms with van der Waals surface area (Å²) in [6.07, 6.45) is 4.10. The highest BCUT2D eigenvalue weighted by atomic mass is 16.4. The van der Waals surface area contributed by atoms with Crippen LogP contribution in [0.25, 0.3) is 0 Å². The molecule has 0 rings (SSSR count). The van der Waals surface area contributed by atoms with E-state index in [9.17, 15) is 9.59 Å². The van der Waals surface area contributed by atoms with Gasteiger partial charge in [0, 0.05) is 13.1 Å². The number of carbonyl (C=O) groups is 2. The van der Waals surface area contributed by atoms with Gasteiger partial charge < -0.3 is 10.0 Å². The summed E-state index contributed by atoms with van der Waals surface area (Å²) < 4.78 is 0. The van der Waals surface area contributed by atoms with E-state index in [-0.39, 0.29) is 19.0 Å². The Morgan fingerprint density at radius 2 is 1.59 bits per heavy atom. The van der Waals surface area contributed by atoms with Crippen LogP contribution in [0, 0.1) is 0 Å². The van der Waals surface area contributed by atoms with Gasteiger partial charge in [0.05, 0.1) is 13.1 Å². The fraction of sp³-hybridized carbons (Fsp3) is 0.833. The normalized spacial score (nSPS) is 10.2. The van der Waals surface area contributed by atoms with Crippen LogP contribution >= 0.6 is 0 Å². The summed E-state index contributed by atoms with van der Waals surface area (Å²) >= 11 is 0. The van der Waals surface area contributed by atoms with Crippen molar-refractivity contribution in [2.75, 3.05) is 26.2 Å². The monoisotopic (exact) mass is 244 g/mol. The van der Waals surface area contributed by atoms with Crippen LogP contribution in [-0.2, 0) is 9.59 Å². The first-order chi connectivity index (χ1) is 8.11. The van der Waals surface area contributed by atoms with Crippen molar-refractivity contribution in [3.63, 3.8) is 0 Å². The Labute approximate surface area is 103 Å². The first kappa shape index (κ1) is 15.9. The number of hydrogen-bond acceptors (Lipinski definition) is 3. The zero-order chi connectivity index (χ0) is 13.1. The van der Waals surface area contributed by atoms with E-state index in [2.05, 4.69) is 19.2 Å². The minimum absolute atomic E-state index is 0.00634. The highest BCUT2D eigenvalue weighted by molar-refractivity contribution is 5.79. The van der Waals surface area contributed by atoms with Gasteiger partial charge in [-0.1, -0.05) is 26.7 Å². The molecule has 0 heterocycles. The van der Waals surface area contributed by atoms with Crippen molar-refractivity contribution in [2.45, 2.75) is 39.5 Å². The van der Waals surface area contributed by atoms with Gasteiger partial charge in [0.1, 0.15) is 0 Å². The third-order valence-corrected chi connectivity index (χ3v) is 2.47. The summed E-state index contributed by atoms with van der Waals surface area (Å²) in [7, 11) is 0. The van der Waals surface area contributed by atoms with Crippen LogP contribution in [0.4, 0.5) is 0 Å². The molecule has 0 bridgehead atoms. The van der Waals surface area contributed by atoms with Crippen LogP contribution in [0.1, 0.15) is 39.5 Å². The SMILES string of the molecule is CCCCN(CCCC)C(=O)CNCC(=O)O. The second-order valence-corrected chi connectivity index (χ2v) is 4.09. The van der Waals surface area contributed by atoms with Gasteiger partial charge in [0.15, 0.2) is 0 Å². The van der Waals surface area contributed by atoms with Crippen molar-refractivity contribution in [2.24, 2.45) is 0 Å². The van der Waals surface area contributed by atoms with Crippen LogP contribution in [0.15, 0.2) is 0 Å². The van der Waals surface area contributed by atoms with Gasteiger partial charge in [-0.15, -0.1) is 0 Å². The van der Waals surface area contributed by atoms with Gasteiger partial charge >= 0.3 is 5.97 Å². The third kappa shape index (κ3) is 8.68. The quantitative estimate of drug-likeness (QED) is 0.603. The molecule has 5 heteroatoms. The average molecular weight is 244 g/mol. The number of unbranched alkanes of at least 4 members (excludes halogenated alkanes) is 2. The van der Waals surface area contributed by atoms with E-state index in [1.54, 1.807) is 0 Å². The predicted octanol–water partition coefficient (Wildman–Crippen LogP) is 1.09. The third-order valence-electron chi connectivity index (χ3n) is 2.47. The highest BCUT2D eigenvalue weighted by Crippen LogP contribution is 1.99. The molecule has 0 aliphatic heterocycles. The average Bonchev–Trinajstić information content (AvgIpc) is 2.28. The molecule has 0 aliphatic carbocycles. The first-order valence-electron chi connectivity index (χ1n) is 6.32. The Bertz CT molecular complexity index is 224. The number of carbonyl (C=O) groups excluding carboxylic acids is 1. The highest BCUT2D eigenvalue weighted by Gasteiger charge is 2.12. The van der Waals surface area contributed by atoms with Gasteiger partial charge in [0.25, 0.3) is 0 Å². The van der Waals surface area contributed by atoms with E-state index in [4.69, 9.17) is 5.11 Å². The molecule has 17 heavy (non-hydrogen) atoms. The maximum Gasteiger partial charge on any atom is 0.317 e. The molecule has 0 aliphatic rings. The second-order valence-electron chi connectivity index (χ2n) is 4.09. The summed E-state index contributed by atoms with van der Waals surface area (Å²) in [4.78, 5) is 23.9. The number of aliphatic carboxylic acids is 1. The molecule has 0 atom stereocenters. The molecular weight excluding hydrogens is 220 g/mol. The molecule has 100 valence electrons. The van der Waals surface area contributed by atoms with E-state index >= 15 is 0 Å². The van der Waals surface area contributed by atoms with Crippen molar-refractivity contribution in [3.8, 4) is 0 Å². The van der Waals surface area contributed by atoms with Crippen LogP contribution in [0.5, 0.6) is 0 Å². The van der Waals surface area contributed by atoms with Crippen molar-refractivity contribution < 1.29 is 14.7 Å². The Hall–Kier alpha value is -1.10.